The van der Waals surface area contributed by atoms with Crippen molar-refractivity contribution in [3.63, 3.8) is 0 Å². The van der Waals surface area contributed by atoms with Crippen molar-refractivity contribution in [3.8, 4) is 5.88 Å². The largest absolute Gasteiger partial charge is 0.474 e. The second kappa shape index (κ2) is 4.40. The molecule has 3 nitrogen and oxygen atoms in total. The Labute approximate surface area is 85.5 Å². The summed E-state index contributed by atoms with van der Waals surface area (Å²) < 4.78 is 5.78. The molecule has 1 unspecified atom stereocenters. The summed E-state index contributed by atoms with van der Waals surface area (Å²) in [5.41, 5.74) is 0.139. The van der Waals surface area contributed by atoms with Gasteiger partial charge in [-0.2, -0.15) is 0 Å². The zero-order valence-corrected chi connectivity index (χ0v) is 9.32. The first-order valence-electron chi connectivity index (χ1n) is 4.96. The summed E-state index contributed by atoms with van der Waals surface area (Å²) in [5, 5.41) is 0. The summed E-state index contributed by atoms with van der Waals surface area (Å²) in [4.78, 5) is 7.90. The zero-order valence-electron chi connectivity index (χ0n) is 9.32. The first-order chi connectivity index (χ1) is 6.54. The van der Waals surface area contributed by atoms with Crippen LogP contribution in [0.4, 0.5) is 0 Å². The van der Waals surface area contributed by atoms with E-state index in [9.17, 15) is 0 Å². The van der Waals surface area contributed by atoms with Crippen molar-refractivity contribution in [2.45, 2.75) is 40.2 Å². The summed E-state index contributed by atoms with van der Waals surface area (Å²) in [6, 6.07) is 1.79. The molecule has 0 aliphatic rings. The third-order valence-corrected chi connectivity index (χ3v) is 2.15. The van der Waals surface area contributed by atoms with Crippen LogP contribution >= 0.6 is 0 Å². The van der Waals surface area contributed by atoms with Gasteiger partial charge >= 0.3 is 0 Å². The predicted octanol–water partition coefficient (Wildman–Crippen LogP) is 2.68. The van der Waals surface area contributed by atoms with E-state index in [0.717, 1.165) is 6.42 Å². The Hall–Kier alpha value is -1.12. The number of nitrogens with zero attached hydrogens (tertiary/aromatic N) is 2. The summed E-state index contributed by atoms with van der Waals surface area (Å²) in [7, 11) is 0. The first kappa shape index (κ1) is 11.0. The van der Waals surface area contributed by atoms with Crippen molar-refractivity contribution in [2.75, 3.05) is 0 Å². The molecule has 0 aromatic carbocycles. The third-order valence-electron chi connectivity index (χ3n) is 2.15. The fourth-order valence-corrected chi connectivity index (χ4v) is 1.37. The number of hydrogen-bond acceptors (Lipinski definition) is 3. The number of ether oxygens (including phenoxy) is 1. The lowest BCUT2D eigenvalue weighted by Crippen LogP contribution is -2.31. The quantitative estimate of drug-likeness (QED) is 0.742. The Balaban J connectivity index is 2.67. The summed E-state index contributed by atoms with van der Waals surface area (Å²) in [5.74, 6) is 0.654. The van der Waals surface area contributed by atoms with Gasteiger partial charge in [0.25, 0.3) is 0 Å². The maximum atomic E-state index is 5.78. The second-order valence-corrected chi connectivity index (χ2v) is 4.43. The molecule has 1 rings (SSSR count). The molecular weight excluding hydrogens is 176 g/mol. The van der Waals surface area contributed by atoms with E-state index in [1.54, 1.807) is 12.3 Å². The molecule has 1 aromatic rings. The molecule has 0 amide bonds. The lowest BCUT2D eigenvalue weighted by atomic mass is 9.87. The van der Waals surface area contributed by atoms with Gasteiger partial charge in [0.1, 0.15) is 12.4 Å². The first-order valence-corrected chi connectivity index (χ1v) is 4.96. The van der Waals surface area contributed by atoms with E-state index < -0.39 is 0 Å². The molecule has 0 N–H and O–H groups in total. The molecule has 78 valence electrons. The minimum Gasteiger partial charge on any atom is -0.474 e. The number of hydrogen-bond donors (Lipinski definition) is 0. The molecule has 0 saturated heterocycles. The molecular formula is C11H18N2O. The van der Waals surface area contributed by atoms with Crippen molar-refractivity contribution in [1.29, 1.82) is 0 Å². The second-order valence-electron chi connectivity index (χ2n) is 4.43. The van der Waals surface area contributed by atoms with Crippen LogP contribution in [-0.4, -0.2) is 16.1 Å². The van der Waals surface area contributed by atoms with Gasteiger partial charge in [-0.15, -0.1) is 0 Å². The normalized spacial score (nSPS) is 13.7. The van der Waals surface area contributed by atoms with Crippen molar-refractivity contribution in [1.82, 2.24) is 9.97 Å². The van der Waals surface area contributed by atoms with Crippen LogP contribution in [0.2, 0.25) is 0 Å². The van der Waals surface area contributed by atoms with Crippen molar-refractivity contribution in [3.05, 3.63) is 18.6 Å². The van der Waals surface area contributed by atoms with E-state index in [4.69, 9.17) is 4.74 Å². The molecule has 0 saturated carbocycles. The van der Waals surface area contributed by atoms with Crippen LogP contribution in [0.15, 0.2) is 18.6 Å². The Bertz CT molecular complexity index is 266. The van der Waals surface area contributed by atoms with E-state index in [2.05, 4.69) is 37.7 Å². The van der Waals surface area contributed by atoms with Gasteiger partial charge in [-0.1, -0.05) is 27.7 Å². The molecule has 0 spiro atoms. The van der Waals surface area contributed by atoms with E-state index >= 15 is 0 Å². The monoisotopic (exact) mass is 194 g/mol. The number of rotatable bonds is 3. The highest BCUT2D eigenvalue weighted by Gasteiger charge is 2.24. The lowest BCUT2D eigenvalue weighted by molar-refractivity contribution is 0.0786. The van der Waals surface area contributed by atoms with Gasteiger partial charge in [0.2, 0.25) is 5.88 Å². The van der Waals surface area contributed by atoms with Crippen LogP contribution in [0.25, 0.3) is 0 Å². The molecule has 0 bridgehead atoms. The smallest absolute Gasteiger partial charge is 0.216 e. The standard InChI is InChI=1S/C11H18N2O/c1-5-9(11(2,3)4)14-10-6-7-12-8-13-10/h6-9H,5H2,1-4H3. The van der Waals surface area contributed by atoms with Crippen molar-refractivity contribution >= 4 is 0 Å². The minimum absolute atomic E-state index is 0.139. The molecule has 3 heteroatoms. The van der Waals surface area contributed by atoms with Gasteiger partial charge in [0.05, 0.1) is 0 Å². The topological polar surface area (TPSA) is 35.0 Å². The van der Waals surface area contributed by atoms with Crippen LogP contribution in [0, 0.1) is 5.41 Å². The molecule has 1 aromatic heterocycles. The van der Waals surface area contributed by atoms with E-state index in [1.165, 1.54) is 6.33 Å². The summed E-state index contributed by atoms with van der Waals surface area (Å²) in [6.07, 6.45) is 4.37. The van der Waals surface area contributed by atoms with Gasteiger partial charge < -0.3 is 4.74 Å². The molecule has 0 radical (unpaired) electrons. The Morgan fingerprint density at radius 3 is 2.57 bits per heavy atom. The van der Waals surface area contributed by atoms with Crippen LogP contribution in [0.5, 0.6) is 5.88 Å². The van der Waals surface area contributed by atoms with Gasteiger partial charge in [-0.05, 0) is 11.8 Å². The molecule has 0 aliphatic carbocycles. The van der Waals surface area contributed by atoms with Crippen LogP contribution in [0.1, 0.15) is 34.1 Å². The fraction of sp³-hybridized carbons (Fsp3) is 0.636. The molecule has 14 heavy (non-hydrogen) atoms. The highest BCUT2D eigenvalue weighted by Crippen LogP contribution is 2.25. The molecule has 1 heterocycles. The SMILES string of the molecule is CCC(Oc1ccncn1)C(C)(C)C. The van der Waals surface area contributed by atoms with Crippen LogP contribution < -0.4 is 4.74 Å². The average Bonchev–Trinajstić information content (AvgIpc) is 2.14. The van der Waals surface area contributed by atoms with Gasteiger partial charge in [0.15, 0.2) is 0 Å². The van der Waals surface area contributed by atoms with E-state index in [0.29, 0.717) is 5.88 Å². The highest BCUT2D eigenvalue weighted by atomic mass is 16.5. The van der Waals surface area contributed by atoms with Gasteiger partial charge in [-0.25, -0.2) is 9.97 Å². The number of aromatic nitrogens is 2. The average molecular weight is 194 g/mol. The van der Waals surface area contributed by atoms with Crippen molar-refractivity contribution in [2.24, 2.45) is 5.41 Å². The maximum Gasteiger partial charge on any atom is 0.216 e. The minimum atomic E-state index is 0.139. The van der Waals surface area contributed by atoms with E-state index in [1.807, 2.05) is 0 Å². The Morgan fingerprint density at radius 2 is 2.14 bits per heavy atom. The van der Waals surface area contributed by atoms with Gasteiger partial charge in [0, 0.05) is 12.3 Å². The lowest BCUT2D eigenvalue weighted by Gasteiger charge is -2.29. The van der Waals surface area contributed by atoms with Crippen LogP contribution in [-0.2, 0) is 0 Å². The zero-order chi connectivity index (χ0) is 10.6. The summed E-state index contributed by atoms with van der Waals surface area (Å²) in [6.45, 7) is 8.63. The fourth-order valence-electron chi connectivity index (χ4n) is 1.37. The molecule has 0 fully saturated rings. The summed E-state index contributed by atoms with van der Waals surface area (Å²) >= 11 is 0. The Kier molecular flexibility index (Phi) is 3.44. The molecule has 0 aliphatic heterocycles. The predicted molar refractivity (Wildman–Crippen MR) is 56.2 cm³/mol. The Morgan fingerprint density at radius 1 is 1.43 bits per heavy atom. The maximum absolute atomic E-state index is 5.78. The van der Waals surface area contributed by atoms with Crippen molar-refractivity contribution < 1.29 is 4.74 Å². The van der Waals surface area contributed by atoms with Crippen LogP contribution in [0.3, 0.4) is 0 Å². The van der Waals surface area contributed by atoms with E-state index in [-0.39, 0.29) is 11.5 Å². The molecule has 1 atom stereocenters. The van der Waals surface area contributed by atoms with Gasteiger partial charge in [-0.3, -0.25) is 0 Å². The third kappa shape index (κ3) is 2.98. The highest BCUT2D eigenvalue weighted by molar-refractivity contribution is 5.05.